The van der Waals surface area contributed by atoms with E-state index in [4.69, 9.17) is 10.5 Å². The number of hydrogen-bond acceptors (Lipinski definition) is 3. The molecule has 3 N–H and O–H groups in total. The van der Waals surface area contributed by atoms with Crippen LogP contribution in [-0.2, 0) is 4.79 Å². The van der Waals surface area contributed by atoms with Gasteiger partial charge in [0.2, 0.25) is 5.91 Å². The van der Waals surface area contributed by atoms with Crippen LogP contribution in [0.1, 0.15) is 18.4 Å². The molecule has 1 aromatic rings. The number of halogens is 3. The van der Waals surface area contributed by atoms with E-state index in [1.165, 1.54) is 12.1 Å². The summed E-state index contributed by atoms with van der Waals surface area (Å²) in [6, 6.07) is 4.54. The molecule has 0 aromatic heterocycles. The molecule has 7 heteroatoms. The summed E-state index contributed by atoms with van der Waals surface area (Å²) >= 11 is 0. The van der Waals surface area contributed by atoms with Gasteiger partial charge < -0.3 is 15.8 Å². The number of nitrogens with two attached hydrogens (primary N) is 1. The minimum atomic E-state index is -4.40. The number of amides is 1. The molecule has 1 amide bonds. The van der Waals surface area contributed by atoms with Gasteiger partial charge in [-0.25, -0.2) is 0 Å². The van der Waals surface area contributed by atoms with Gasteiger partial charge >= 0.3 is 6.18 Å². The van der Waals surface area contributed by atoms with Crippen molar-refractivity contribution in [3.8, 4) is 5.75 Å². The topological polar surface area (TPSA) is 64.4 Å². The van der Waals surface area contributed by atoms with Gasteiger partial charge in [-0.05, 0) is 31.9 Å². The third kappa shape index (κ3) is 3.41. The summed E-state index contributed by atoms with van der Waals surface area (Å²) in [6.45, 7) is 0.212. The van der Waals surface area contributed by atoms with Gasteiger partial charge in [0, 0.05) is 11.3 Å². The lowest BCUT2D eigenvalue weighted by Gasteiger charge is -2.16. The quantitative estimate of drug-likeness (QED) is 0.894. The number of benzene rings is 1. The van der Waals surface area contributed by atoms with Gasteiger partial charge in [0.1, 0.15) is 5.75 Å². The van der Waals surface area contributed by atoms with E-state index in [2.05, 4.69) is 5.32 Å². The molecule has 0 radical (unpaired) electrons. The number of alkyl halides is 3. The Hall–Kier alpha value is -1.76. The Morgan fingerprint density at radius 3 is 2.65 bits per heavy atom. The fourth-order valence-corrected chi connectivity index (χ4v) is 1.67. The number of ether oxygens (including phenoxy) is 1. The zero-order valence-corrected chi connectivity index (χ0v) is 10.9. The molecule has 1 fully saturated rings. The highest BCUT2D eigenvalue weighted by atomic mass is 19.4. The molecule has 1 aromatic carbocycles. The molecule has 20 heavy (non-hydrogen) atoms. The molecule has 0 atom stereocenters. The first kappa shape index (κ1) is 14.6. The van der Waals surface area contributed by atoms with Crippen LogP contribution >= 0.6 is 0 Å². The smallest absolute Gasteiger partial charge is 0.422 e. The Morgan fingerprint density at radius 1 is 1.45 bits per heavy atom. The van der Waals surface area contributed by atoms with Crippen molar-refractivity contribution in [2.45, 2.75) is 31.5 Å². The largest absolute Gasteiger partial charge is 0.484 e. The maximum absolute atomic E-state index is 12.1. The average Bonchev–Trinajstić information content (AvgIpc) is 3.09. The van der Waals surface area contributed by atoms with Gasteiger partial charge in [-0.2, -0.15) is 13.2 Å². The maximum Gasteiger partial charge on any atom is 0.422 e. The second-order valence-corrected chi connectivity index (χ2v) is 4.94. The third-order valence-corrected chi connectivity index (χ3v) is 3.16. The number of hydrogen-bond donors (Lipinski definition) is 2. The van der Waals surface area contributed by atoms with Crippen molar-refractivity contribution >= 4 is 11.6 Å². The summed E-state index contributed by atoms with van der Waals surface area (Å²) in [6.07, 6.45) is -3.18. The zero-order valence-electron chi connectivity index (χ0n) is 10.9. The molecule has 2 rings (SSSR count). The van der Waals surface area contributed by atoms with Crippen LogP contribution in [0.2, 0.25) is 0 Å². The summed E-state index contributed by atoms with van der Waals surface area (Å²) in [5.74, 6) is -0.240. The van der Waals surface area contributed by atoms with Crippen molar-refractivity contribution in [3.63, 3.8) is 0 Å². The Kier molecular flexibility index (Phi) is 3.64. The van der Waals surface area contributed by atoms with Crippen molar-refractivity contribution in [3.05, 3.63) is 23.8 Å². The molecule has 110 valence electrons. The van der Waals surface area contributed by atoms with Crippen LogP contribution in [0.4, 0.5) is 18.9 Å². The predicted molar refractivity (Wildman–Crippen MR) is 67.5 cm³/mol. The number of anilines is 1. The Bertz CT molecular complexity index is 525. The van der Waals surface area contributed by atoms with Gasteiger partial charge in [-0.3, -0.25) is 4.79 Å². The van der Waals surface area contributed by atoms with Gasteiger partial charge in [-0.15, -0.1) is 0 Å². The van der Waals surface area contributed by atoms with Crippen molar-refractivity contribution in [2.24, 2.45) is 5.73 Å². The van der Waals surface area contributed by atoms with E-state index >= 15 is 0 Å². The fourth-order valence-electron chi connectivity index (χ4n) is 1.67. The van der Waals surface area contributed by atoms with Crippen LogP contribution in [-0.4, -0.2) is 24.2 Å². The number of carbonyl (C=O) groups is 1. The van der Waals surface area contributed by atoms with Gasteiger partial charge in [-0.1, -0.05) is 6.07 Å². The second-order valence-electron chi connectivity index (χ2n) is 4.94. The van der Waals surface area contributed by atoms with Crippen LogP contribution in [0.3, 0.4) is 0 Å². The molecular formula is C13H15F3N2O2. The highest BCUT2D eigenvalue weighted by molar-refractivity contribution is 6.00. The van der Waals surface area contributed by atoms with Crippen LogP contribution in [0, 0.1) is 6.92 Å². The summed E-state index contributed by atoms with van der Waals surface area (Å²) in [5.41, 5.74) is 5.76. The molecule has 4 nitrogen and oxygen atoms in total. The normalized spacial score (nSPS) is 16.6. The molecule has 0 aliphatic heterocycles. The Morgan fingerprint density at radius 2 is 2.10 bits per heavy atom. The van der Waals surface area contributed by atoms with Crippen molar-refractivity contribution in [1.29, 1.82) is 0 Å². The summed E-state index contributed by atoms with van der Waals surface area (Å²) < 4.78 is 41.1. The molecule has 0 bridgehead atoms. The number of carbonyl (C=O) groups excluding carboxylic acids is 1. The molecular weight excluding hydrogens is 273 g/mol. The van der Waals surface area contributed by atoms with Crippen molar-refractivity contribution in [1.82, 2.24) is 0 Å². The molecule has 1 saturated carbocycles. The van der Waals surface area contributed by atoms with Crippen LogP contribution in [0.15, 0.2) is 18.2 Å². The first-order valence-corrected chi connectivity index (χ1v) is 6.11. The summed E-state index contributed by atoms with van der Waals surface area (Å²) in [5, 5.41) is 2.63. The first-order chi connectivity index (χ1) is 9.21. The molecule has 0 unspecified atom stereocenters. The summed E-state index contributed by atoms with van der Waals surface area (Å²) in [7, 11) is 0. The lowest BCUT2D eigenvalue weighted by atomic mass is 10.1. The number of rotatable bonds is 4. The predicted octanol–water partition coefficient (Wildman–Crippen LogP) is 2.37. The lowest BCUT2D eigenvalue weighted by molar-refractivity contribution is -0.153. The molecule has 1 aliphatic rings. The molecule has 1 aliphatic carbocycles. The van der Waals surface area contributed by atoms with E-state index in [-0.39, 0.29) is 11.7 Å². The van der Waals surface area contributed by atoms with Gasteiger partial charge in [0.15, 0.2) is 6.61 Å². The van der Waals surface area contributed by atoms with E-state index in [1.807, 2.05) is 0 Å². The number of nitrogens with one attached hydrogen (secondary N) is 1. The van der Waals surface area contributed by atoms with Crippen LogP contribution in [0.25, 0.3) is 0 Å². The minimum absolute atomic E-state index is 0.0852. The highest BCUT2D eigenvalue weighted by Crippen LogP contribution is 2.34. The van der Waals surface area contributed by atoms with E-state index in [9.17, 15) is 18.0 Å². The standard InChI is InChI=1S/C13H15F3N2O2/c1-8-9(18-11(19)12(17)5-6-12)3-2-4-10(8)20-7-13(14,15)16/h2-4H,5-7,17H2,1H3,(H,18,19). The Balaban J connectivity index is 2.09. The van der Waals surface area contributed by atoms with E-state index < -0.39 is 18.3 Å². The second kappa shape index (κ2) is 4.97. The van der Waals surface area contributed by atoms with Crippen molar-refractivity contribution < 1.29 is 22.7 Å². The molecule has 0 heterocycles. The monoisotopic (exact) mass is 288 g/mol. The van der Waals surface area contributed by atoms with Gasteiger partial charge in [0.05, 0.1) is 5.54 Å². The maximum atomic E-state index is 12.1. The van der Waals surface area contributed by atoms with Crippen molar-refractivity contribution in [2.75, 3.05) is 11.9 Å². The van der Waals surface area contributed by atoms with E-state index in [0.717, 1.165) is 0 Å². The van der Waals surface area contributed by atoms with E-state index in [1.54, 1.807) is 13.0 Å². The molecule has 0 spiro atoms. The summed E-state index contributed by atoms with van der Waals surface area (Å²) in [4.78, 5) is 11.8. The zero-order chi connectivity index (χ0) is 15.0. The minimum Gasteiger partial charge on any atom is -0.484 e. The van der Waals surface area contributed by atoms with Crippen LogP contribution in [0.5, 0.6) is 5.75 Å². The average molecular weight is 288 g/mol. The SMILES string of the molecule is Cc1c(NC(=O)C2(N)CC2)cccc1OCC(F)(F)F. The lowest BCUT2D eigenvalue weighted by Crippen LogP contribution is -2.38. The Labute approximate surface area is 114 Å². The fraction of sp³-hybridized carbons (Fsp3) is 0.462. The van der Waals surface area contributed by atoms with Crippen LogP contribution < -0.4 is 15.8 Å². The third-order valence-electron chi connectivity index (χ3n) is 3.16. The molecule has 0 saturated heterocycles. The highest BCUT2D eigenvalue weighted by Gasteiger charge is 2.46. The van der Waals surface area contributed by atoms with Gasteiger partial charge in [0.25, 0.3) is 0 Å². The first-order valence-electron chi connectivity index (χ1n) is 6.11. The van der Waals surface area contributed by atoms with E-state index in [0.29, 0.717) is 24.1 Å².